The fraction of sp³-hybridized carbons (Fsp3) is 0.889. The van der Waals surface area contributed by atoms with Crippen molar-refractivity contribution in [2.45, 2.75) is 91.9 Å². The van der Waals surface area contributed by atoms with Crippen LogP contribution >= 0.6 is 0 Å². The number of carboxylic acids is 2. The SMILES string of the molecule is CCCCC(CC)CC(=O)O.CCCCC(CC)CC(=O)O. The third-order valence-electron chi connectivity index (χ3n) is 4.01. The van der Waals surface area contributed by atoms with E-state index in [9.17, 15) is 9.59 Å². The molecular formula is C18H36O4. The van der Waals surface area contributed by atoms with Crippen molar-refractivity contribution in [3.63, 3.8) is 0 Å². The molecule has 0 aliphatic heterocycles. The lowest BCUT2D eigenvalue weighted by Crippen LogP contribution is -2.06. The third kappa shape index (κ3) is 17.0. The van der Waals surface area contributed by atoms with Gasteiger partial charge in [0.2, 0.25) is 0 Å². The van der Waals surface area contributed by atoms with Crippen molar-refractivity contribution in [3.8, 4) is 0 Å². The molecule has 0 aliphatic carbocycles. The van der Waals surface area contributed by atoms with Crippen LogP contribution in [0.25, 0.3) is 0 Å². The quantitative estimate of drug-likeness (QED) is 0.508. The molecule has 0 saturated heterocycles. The molecule has 2 N–H and O–H groups in total. The van der Waals surface area contributed by atoms with Crippen LogP contribution in [0, 0.1) is 11.8 Å². The van der Waals surface area contributed by atoms with Crippen LogP contribution < -0.4 is 0 Å². The van der Waals surface area contributed by atoms with Crippen molar-refractivity contribution in [2.75, 3.05) is 0 Å². The van der Waals surface area contributed by atoms with Gasteiger partial charge in [-0.2, -0.15) is 0 Å². The van der Waals surface area contributed by atoms with Gasteiger partial charge in [0.15, 0.2) is 0 Å². The van der Waals surface area contributed by atoms with E-state index in [4.69, 9.17) is 10.2 Å². The molecule has 0 aromatic heterocycles. The molecule has 132 valence electrons. The minimum atomic E-state index is -0.659. The number of carboxylic acid groups (broad SMARTS) is 2. The summed E-state index contributed by atoms with van der Waals surface area (Å²) in [6.45, 7) is 8.38. The van der Waals surface area contributed by atoms with Crippen LogP contribution in [0.3, 0.4) is 0 Å². The van der Waals surface area contributed by atoms with Gasteiger partial charge in [0, 0.05) is 12.8 Å². The highest BCUT2D eigenvalue weighted by Gasteiger charge is 2.10. The van der Waals surface area contributed by atoms with E-state index in [1.807, 2.05) is 0 Å². The normalized spacial score (nSPS) is 12.9. The van der Waals surface area contributed by atoms with Crippen LogP contribution in [0.4, 0.5) is 0 Å². The average Bonchev–Trinajstić information content (AvgIpc) is 2.47. The fourth-order valence-electron chi connectivity index (χ4n) is 2.38. The van der Waals surface area contributed by atoms with Gasteiger partial charge in [-0.3, -0.25) is 9.59 Å². The molecule has 0 spiro atoms. The molecule has 2 unspecified atom stereocenters. The molecule has 0 heterocycles. The molecular weight excluding hydrogens is 280 g/mol. The second-order valence-corrected chi connectivity index (χ2v) is 6.03. The topological polar surface area (TPSA) is 74.6 Å². The van der Waals surface area contributed by atoms with Crippen molar-refractivity contribution < 1.29 is 19.8 Å². The molecule has 0 aliphatic rings. The Morgan fingerprint density at radius 2 is 1.05 bits per heavy atom. The standard InChI is InChI=1S/2C9H18O2/c2*1-3-5-6-8(4-2)7-9(10)11/h2*8H,3-7H2,1-2H3,(H,10,11). The van der Waals surface area contributed by atoms with Crippen LogP contribution in [0.15, 0.2) is 0 Å². The van der Waals surface area contributed by atoms with Crippen LogP contribution in [0.5, 0.6) is 0 Å². The zero-order chi connectivity index (χ0) is 17.4. The molecule has 22 heavy (non-hydrogen) atoms. The molecule has 0 fully saturated rings. The number of rotatable bonds is 12. The molecule has 0 aromatic rings. The molecule has 0 bridgehead atoms. The Morgan fingerprint density at radius 3 is 1.23 bits per heavy atom. The van der Waals surface area contributed by atoms with Gasteiger partial charge in [-0.05, 0) is 24.7 Å². The summed E-state index contributed by atoms with van der Waals surface area (Å²) in [6, 6.07) is 0. The van der Waals surface area contributed by atoms with Crippen molar-refractivity contribution in [3.05, 3.63) is 0 Å². The molecule has 0 rings (SSSR count). The largest absolute Gasteiger partial charge is 0.481 e. The van der Waals surface area contributed by atoms with E-state index in [0.29, 0.717) is 24.7 Å². The Morgan fingerprint density at radius 1 is 0.727 bits per heavy atom. The fourth-order valence-corrected chi connectivity index (χ4v) is 2.38. The third-order valence-corrected chi connectivity index (χ3v) is 4.01. The Kier molecular flexibility index (Phi) is 17.2. The summed E-state index contributed by atoms with van der Waals surface area (Å²) < 4.78 is 0. The monoisotopic (exact) mass is 316 g/mol. The highest BCUT2D eigenvalue weighted by Crippen LogP contribution is 2.16. The molecule has 4 nitrogen and oxygen atoms in total. The van der Waals surface area contributed by atoms with Crippen LogP contribution in [0.2, 0.25) is 0 Å². The first-order valence-electron chi connectivity index (χ1n) is 8.84. The van der Waals surface area contributed by atoms with Crippen LogP contribution in [-0.2, 0) is 9.59 Å². The molecule has 2 atom stereocenters. The van der Waals surface area contributed by atoms with E-state index in [-0.39, 0.29) is 0 Å². The van der Waals surface area contributed by atoms with Crippen molar-refractivity contribution in [1.29, 1.82) is 0 Å². The lowest BCUT2D eigenvalue weighted by atomic mass is 9.96. The van der Waals surface area contributed by atoms with Gasteiger partial charge in [-0.1, -0.05) is 66.2 Å². The second kappa shape index (κ2) is 16.3. The van der Waals surface area contributed by atoms with Crippen molar-refractivity contribution >= 4 is 11.9 Å². The van der Waals surface area contributed by atoms with Gasteiger partial charge in [-0.15, -0.1) is 0 Å². The van der Waals surface area contributed by atoms with Gasteiger partial charge in [-0.25, -0.2) is 0 Å². The summed E-state index contributed by atoms with van der Waals surface area (Å²) in [5.41, 5.74) is 0. The van der Waals surface area contributed by atoms with Gasteiger partial charge in [0.05, 0.1) is 0 Å². The predicted octanol–water partition coefficient (Wildman–Crippen LogP) is 5.36. The lowest BCUT2D eigenvalue weighted by molar-refractivity contribution is -0.139. The molecule has 0 amide bonds. The molecule has 0 aromatic carbocycles. The van der Waals surface area contributed by atoms with Gasteiger partial charge in [0.1, 0.15) is 0 Å². The first-order valence-corrected chi connectivity index (χ1v) is 8.84. The minimum Gasteiger partial charge on any atom is -0.481 e. The molecule has 0 radical (unpaired) electrons. The first kappa shape index (κ1) is 23.2. The summed E-state index contributed by atoms with van der Waals surface area (Å²) in [5.74, 6) is -0.527. The Bertz CT molecular complexity index is 248. The van der Waals surface area contributed by atoms with E-state index >= 15 is 0 Å². The van der Waals surface area contributed by atoms with E-state index in [1.165, 1.54) is 0 Å². The van der Waals surface area contributed by atoms with E-state index in [2.05, 4.69) is 27.7 Å². The number of carbonyl (C=O) groups is 2. The van der Waals surface area contributed by atoms with Crippen LogP contribution in [-0.4, -0.2) is 22.2 Å². The summed E-state index contributed by atoms with van der Waals surface area (Å²) in [7, 11) is 0. The van der Waals surface area contributed by atoms with Crippen LogP contribution in [0.1, 0.15) is 91.9 Å². The summed E-state index contributed by atoms with van der Waals surface area (Å²) in [5, 5.41) is 17.0. The van der Waals surface area contributed by atoms with Crippen molar-refractivity contribution in [2.24, 2.45) is 11.8 Å². The zero-order valence-electron chi connectivity index (χ0n) is 14.9. The van der Waals surface area contributed by atoms with Gasteiger partial charge in [0.25, 0.3) is 0 Å². The molecule has 0 saturated carbocycles. The number of hydrogen-bond acceptors (Lipinski definition) is 2. The summed E-state index contributed by atoms with van der Waals surface area (Å²) >= 11 is 0. The summed E-state index contributed by atoms with van der Waals surface area (Å²) in [4.78, 5) is 20.7. The van der Waals surface area contributed by atoms with E-state index in [0.717, 1.165) is 51.4 Å². The number of aliphatic carboxylic acids is 2. The minimum absolute atomic E-state index is 0.344. The van der Waals surface area contributed by atoms with E-state index in [1.54, 1.807) is 0 Å². The number of unbranched alkanes of at least 4 members (excludes halogenated alkanes) is 2. The van der Waals surface area contributed by atoms with Gasteiger partial charge < -0.3 is 10.2 Å². The maximum Gasteiger partial charge on any atom is 0.303 e. The zero-order valence-corrected chi connectivity index (χ0v) is 14.9. The Hall–Kier alpha value is -1.06. The highest BCUT2D eigenvalue weighted by molar-refractivity contribution is 5.67. The predicted molar refractivity (Wildman–Crippen MR) is 91.1 cm³/mol. The Balaban J connectivity index is 0. The lowest BCUT2D eigenvalue weighted by Gasteiger charge is -2.10. The first-order chi connectivity index (χ1) is 10.4. The van der Waals surface area contributed by atoms with Crippen molar-refractivity contribution in [1.82, 2.24) is 0 Å². The average molecular weight is 316 g/mol. The second-order valence-electron chi connectivity index (χ2n) is 6.03. The molecule has 4 heteroatoms. The highest BCUT2D eigenvalue weighted by atomic mass is 16.4. The maximum atomic E-state index is 10.3. The number of hydrogen-bond donors (Lipinski definition) is 2. The van der Waals surface area contributed by atoms with E-state index < -0.39 is 11.9 Å². The Labute approximate surface area is 136 Å². The maximum absolute atomic E-state index is 10.3. The van der Waals surface area contributed by atoms with Gasteiger partial charge >= 0.3 is 11.9 Å². The summed E-state index contributed by atoms with van der Waals surface area (Å²) in [6.07, 6.45) is 9.45. The smallest absolute Gasteiger partial charge is 0.303 e.